The third-order valence-electron chi connectivity index (χ3n) is 2.13. The molecule has 19 heavy (non-hydrogen) atoms. The van der Waals surface area contributed by atoms with Crippen LogP contribution in [0.15, 0.2) is 34.5 Å². The number of hydrogen-bond acceptors (Lipinski definition) is 4. The molecule has 0 radical (unpaired) electrons. The fraction of sp³-hybridized carbons (Fsp3) is 0.231. The van der Waals surface area contributed by atoms with Crippen LogP contribution in [-0.4, -0.2) is 23.9 Å². The minimum Gasteiger partial charge on any atom is -0.512 e. The summed E-state index contributed by atoms with van der Waals surface area (Å²) in [7, 11) is 0. The Hall–Kier alpha value is -1.52. The molecule has 0 unspecified atom stereocenters. The zero-order chi connectivity index (χ0) is 14.4. The normalized spacial score (nSPS) is 12.4. The second-order valence-electron chi connectivity index (χ2n) is 3.58. The van der Waals surface area contributed by atoms with Crippen molar-refractivity contribution in [3.8, 4) is 0 Å². The van der Waals surface area contributed by atoms with Gasteiger partial charge in [0.05, 0.1) is 22.3 Å². The van der Waals surface area contributed by atoms with Crippen LogP contribution >= 0.6 is 23.2 Å². The highest BCUT2D eigenvalue weighted by Gasteiger charge is 2.11. The zero-order valence-corrected chi connectivity index (χ0v) is 12.0. The molecule has 4 nitrogen and oxygen atoms in total. The van der Waals surface area contributed by atoms with Crippen LogP contribution < -0.4 is 0 Å². The van der Waals surface area contributed by atoms with E-state index in [2.05, 4.69) is 4.99 Å². The predicted molar refractivity (Wildman–Crippen MR) is 76.6 cm³/mol. The second kappa shape index (κ2) is 7.16. The van der Waals surface area contributed by atoms with Gasteiger partial charge in [0.25, 0.3) is 0 Å². The first-order valence-corrected chi connectivity index (χ1v) is 6.27. The van der Waals surface area contributed by atoms with E-state index >= 15 is 0 Å². The molecule has 0 atom stereocenters. The molecule has 0 saturated heterocycles. The summed E-state index contributed by atoms with van der Waals surface area (Å²) < 4.78 is 4.80. The molecule has 6 heteroatoms. The van der Waals surface area contributed by atoms with Gasteiger partial charge in [0, 0.05) is 6.21 Å². The van der Waals surface area contributed by atoms with Gasteiger partial charge in [-0.3, -0.25) is 4.99 Å². The maximum absolute atomic E-state index is 11.5. The highest BCUT2D eigenvalue weighted by molar-refractivity contribution is 6.42. The van der Waals surface area contributed by atoms with Crippen molar-refractivity contribution in [2.45, 2.75) is 13.8 Å². The first-order valence-electron chi connectivity index (χ1n) is 5.51. The third kappa shape index (κ3) is 4.58. The van der Waals surface area contributed by atoms with Gasteiger partial charge in [-0.25, -0.2) is 4.79 Å². The number of carbonyl (C=O) groups is 1. The standard InChI is InChI=1S/C13H13Cl2NO3/c1-3-19-13(18)10(8(2)17)7-16-9-4-5-11(14)12(15)6-9/h4-7,17H,3H2,1-2H3. The average Bonchev–Trinajstić information content (AvgIpc) is 2.33. The fourth-order valence-corrected chi connectivity index (χ4v) is 1.50. The van der Waals surface area contributed by atoms with Gasteiger partial charge in [0.1, 0.15) is 11.3 Å². The van der Waals surface area contributed by atoms with Crippen LogP contribution in [0.3, 0.4) is 0 Å². The molecule has 0 saturated carbocycles. The molecule has 0 aromatic heterocycles. The molecule has 1 aromatic carbocycles. The summed E-state index contributed by atoms with van der Waals surface area (Å²) in [6.45, 7) is 3.28. The number of esters is 1. The van der Waals surface area contributed by atoms with Gasteiger partial charge in [-0.1, -0.05) is 23.2 Å². The number of nitrogens with zero attached hydrogens (tertiary/aromatic N) is 1. The minimum absolute atomic E-state index is 0.00655. The molecule has 1 aromatic rings. The summed E-state index contributed by atoms with van der Waals surface area (Å²) in [5.41, 5.74) is 0.505. The fourth-order valence-electron chi connectivity index (χ4n) is 1.21. The van der Waals surface area contributed by atoms with Gasteiger partial charge >= 0.3 is 5.97 Å². The van der Waals surface area contributed by atoms with Crippen LogP contribution in [0.25, 0.3) is 0 Å². The Labute approximate surface area is 121 Å². The first-order chi connectivity index (χ1) is 8.95. The molecule has 0 heterocycles. The smallest absolute Gasteiger partial charge is 0.343 e. The van der Waals surface area contributed by atoms with Crippen LogP contribution in [-0.2, 0) is 9.53 Å². The van der Waals surface area contributed by atoms with Crippen molar-refractivity contribution in [1.82, 2.24) is 0 Å². The Balaban J connectivity index is 2.97. The summed E-state index contributed by atoms with van der Waals surface area (Å²) in [6, 6.07) is 4.78. The van der Waals surface area contributed by atoms with Crippen molar-refractivity contribution in [2.24, 2.45) is 4.99 Å². The van der Waals surface area contributed by atoms with E-state index in [1.165, 1.54) is 13.1 Å². The lowest BCUT2D eigenvalue weighted by atomic mass is 10.2. The van der Waals surface area contributed by atoms with Crippen molar-refractivity contribution in [3.63, 3.8) is 0 Å². The van der Waals surface area contributed by atoms with Crippen molar-refractivity contribution < 1.29 is 14.6 Å². The van der Waals surface area contributed by atoms with Crippen molar-refractivity contribution >= 4 is 41.1 Å². The van der Waals surface area contributed by atoms with Gasteiger partial charge in [-0.15, -0.1) is 0 Å². The molecule has 0 fully saturated rings. The first kappa shape index (κ1) is 15.5. The Morgan fingerprint density at radius 1 is 1.42 bits per heavy atom. The van der Waals surface area contributed by atoms with Gasteiger partial charge in [0.15, 0.2) is 0 Å². The number of benzene rings is 1. The predicted octanol–water partition coefficient (Wildman–Crippen LogP) is 4.09. The van der Waals surface area contributed by atoms with Gasteiger partial charge in [0.2, 0.25) is 0 Å². The Morgan fingerprint density at radius 2 is 2.11 bits per heavy atom. The van der Waals surface area contributed by atoms with Crippen LogP contribution in [0.2, 0.25) is 10.0 Å². The van der Waals surface area contributed by atoms with E-state index in [1.807, 2.05) is 0 Å². The van der Waals surface area contributed by atoms with Gasteiger partial charge in [-0.05, 0) is 32.0 Å². The summed E-state index contributed by atoms with van der Waals surface area (Å²) in [5, 5.41) is 10.2. The molecule has 1 N–H and O–H groups in total. The molecule has 0 amide bonds. The van der Waals surface area contributed by atoms with Crippen LogP contribution in [0.1, 0.15) is 13.8 Å². The summed E-state index contributed by atoms with van der Waals surface area (Å²) in [5.74, 6) is -0.798. The highest BCUT2D eigenvalue weighted by Crippen LogP contribution is 2.26. The molecule has 0 bridgehead atoms. The number of hydrogen-bond donors (Lipinski definition) is 1. The van der Waals surface area contributed by atoms with Crippen LogP contribution in [0, 0.1) is 0 Å². The van der Waals surface area contributed by atoms with Crippen molar-refractivity contribution in [1.29, 1.82) is 0 Å². The molecular weight excluding hydrogens is 289 g/mol. The Bertz CT molecular complexity index is 535. The number of aliphatic imine (C=N–C) groups is 1. The number of ether oxygens (including phenoxy) is 1. The minimum atomic E-state index is -0.633. The van der Waals surface area contributed by atoms with Crippen molar-refractivity contribution in [3.05, 3.63) is 39.6 Å². The monoisotopic (exact) mass is 301 g/mol. The van der Waals surface area contributed by atoms with E-state index in [9.17, 15) is 9.90 Å². The summed E-state index contributed by atoms with van der Waals surface area (Å²) in [6.07, 6.45) is 1.23. The molecule has 0 aliphatic rings. The maximum atomic E-state index is 11.5. The quantitative estimate of drug-likeness (QED) is 0.394. The molecular formula is C13H13Cl2NO3. The average molecular weight is 302 g/mol. The Kier molecular flexibility index (Phi) is 5.86. The lowest BCUT2D eigenvalue weighted by Gasteiger charge is -2.03. The lowest BCUT2D eigenvalue weighted by molar-refractivity contribution is -0.138. The number of rotatable bonds is 4. The maximum Gasteiger partial charge on any atom is 0.343 e. The number of aliphatic hydroxyl groups excluding tert-OH is 1. The number of halogens is 2. The van der Waals surface area contributed by atoms with E-state index in [1.54, 1.807) is 25.1 Å². The number of carbonyl (C=O) groups excluding carboxylic acids is 1. The highest BCUT2D eigenvalue weighted by atomic mass is 35.5. The molecule has 102 valence electrons. The van der Waals surface area contributed by atoms with Crippen LogP contribution in [0.5, 0.6) is 0 Å². The van der Waals surface area contributed by atoms with E-state index in [4.69, 9.17) is 27.9 Å². The number of allylic oxidation sites excluding steroid dienone is 1. The zero-order valence-electron chi connectivity index (χ0n) is 10.5. The largest absolute Gasteiger partial charge is 0.512 e. The molecule has 1 rings (SSSR count). The van der Waals surface area contributed by atoms with E-state index in [0.717, 1.165) is 0 Å². The van der Waals surface area contributed by atoms with Gasteiger partial charge < -0.3 is 9.84 Å². The second-order valence-corrected chi connectivity index (χ2v) is 4.39. The molecule has 0 aliphatic heterocycles. The van der Waals surface area contributed by atoms with Crippen LogP contribution in [0.4, 0.5) is 5.69 Å². The van der Waals surface area contributed by atoms with E-state index in [-0.39, 0.29) is 17.9 Å². The molecule has 0 aliphatic carbocycles. The summed E-state index contributed by atoms with van der Waals surface area (Å²) >= 11 is 11.6. The number of aliphatic hydroxyl groups is 1. The third-order valence-corrected chi connectivity index (χ3v) is 2.87. The molecule has 0 spiro atoms. The van der Waals surface area contributed by atoms with E-state index in [0.29, 0.717) is 15.7 Å². The van der Waals surface area contributed by atoms with Crippen molar-refractivity contribution in [2.75, 3.05) is 6.61 Å². The topological polar surface area (TPSA) is 58.9 Å². The SMILES string of the molecule is CCOC(=O)C(C=Nc1ccc(Cl)c(Cl)c1)=C(C)O. The Morgan fingerprint density at radius 3 is 2.63 bits per heavy atom. The van der Waals surface area contributed by atoms with E-state index < -0.39 is 5.97 Å². The van der Waals surface area contributed by atoms with Gasteiger partial charge in [-0.2, -0.15) is 0 Å². The summed E-state index contributed by atoms with van der Waals surface area (Å²) in [4.78, 5) is 15.6. The lowest BCUT2D eigenvalue weighted by Crippen LogP contribution is -2.10.